The molecule has 1 rings (SSSR count). The average Bonchev–Trinajstić information content (AvgIpc) is 2.75. The Morgan fingerprint density at radius 3 is 2.29 bits per heavy atom. The number of aromatic nitrogens is 2. The second-order valence-corrected chi connectivity index (χ2v) is 6.21. The van der Waals surface area contributed by atoms with Crippen LogP contribution in [-0.4, -0.2) is 4.57 Å². The largest absolute Gasteiger partial charge is 0.244 e. The van der Waals surface area contributed by atoms with Gasteiger partial charge in [0.25, 0.3) is 0 Å². The Morgan fingerprint density at radius 1 is 1.12 bits per heavy atom. The lowest BCUT2D eigenvalue weighted by Gasteiger charge is -2.38. The maximum Gasteiger partial charge on any atom is 0.244 e. The molecule has 0 radical (unpaired) electrons. The van der Waals surface area contributed by atoms with E-state index in [-0.39, 0.29) is 5.54 Å². The molecule has 0 aromatic carbocycles. The fourth-order valence-corrected chi connectivity index (χ4v) is 1.98. The standard InChI is InChI=1S/C15H29N2/c1-7-9-10-16-11-12-17(13-16)15(5,6)14(3,4)8-2/h11-13H,7-10H2,1-6H3/q+1. The zero-order chi connectivity index (χ0) is 13.1. The van der Waals surface area contributed by atoms with Gasteiger partial charge in [0.1, 0.15) is 17.9 Å². The molecule has 0 bridgehead atoms. The molecule has 0 N–H and O–H groups in total. The number of imidazole rings is 1. The van der Waals surface area contributed by atoms with Crippen LogP contribution in [0.15, 0.2) is 18.7 Å². The van der Waals surface area contributed by atoms with Crippen molar-refractivity contribution in [1.29, 1.82) is 0 Å². The SMILES string of the molecule is CCCC[n+]1ccn(C(C)(C)C(C)(C)CC)c1. The van der Waals surface area contributed by atoms with Crippen LogP contribution in [0.4, 0.5) is 0 Å². The van der Waals surface area contributed by atoms with E-state index in [1.165, 1.54) is 19.3 Å². The fourth-order valence-electron chi connectivity index (χ4n) is 1.98. The van der Waals surface area contributed by atoms with Crippen molar-refractivity contribution >= 4 is 0 Å². The van der Waals surface area contributed by atoms with Crippen molar-refractivity contribution in [3.63, 3.8) is 0 Å². The molecular formula is C15H29N2+. The lowest BCUT2D eigenvalue weighted by atomic mass is 9.72. The first kappa shape index (κ1) is 14.3. The Hall–Kier alpha value is -0.790. The molecule has 0 spiro atoms. The summed E-state index contributed by atoms with van der Waals surface area (Å²) in [7, 11) is 0. The molecule has 1 aromatic rings. The van der Waals surface area contributed by atoms with E-state index in [2.05, 4.69) is 69.4 Å². The molecule has 1 aromatic heterocycles. The molecule has 0 saturated carbocycles. The third-order valence-electron chi connectivity index (χ3n) is 4.65. The number of hydrogen-bond donors (Lipinski definition) is 0. The van der Waals surface area contributed by atoms with Crippen LogP contribution in [0.1, 0.15) is 60.8 Å². The molecule has 17 heavy (non-hydrogen) atoms. The van der Waals surface area contributed by atoms with Gasteiger partial charge in [-0.05, 0) is 26.7 Å². The molecule has 0 fully saturated rings. The zero-order valence-electron chi connectivity index (χ0n) is 12.5. The summed E-state index contributed by atoms with van der Waals surface area (Å²) < 4.78 is 4.67. The molecular weight excluding hydrogens is 208 g/mol. The maximum absolute atomic E-state index is 2.37. The molecule has 2 heteroatoms. The normalized spacial score (nSPS) is 13.1. The van der Waals surface area contributed by atoms with E-state index < -0.39 is 0 Å². The van der Waals surface area contributed by atoms with Gasteiger partial charge >= 0.3 is 0 Å². The van der Waals surface area contributed by atoms with E-state index >= 15 is 0 Å². The summed E-state index contributed by atoms with van der Waals surface area (Å²) in [4.78, 5) is 0. The number of hydrogen-bond acceptors (Lipinski definition) is 0. The predicted molar refractivity (Wildman–Crippen MR) is 72.9 cm³/mol. The van der Waals surface area contributed by atoms with Crippen LogP contribution in [0, 0.1) is 5.41 Å². The van der Waals surface area contributed by atoms with Crippen molar-refractivity contribution < 1.29 is 4.57 Å². The predicted octanol–water partition coefficient (Wildman–Crippen LogP) is 3.75. The Labute approximate surface area is 107 Å². The third kappa shape index (κ3) is 2.91. The lowest BCUT2D eigenvalue weighted by Crippen LogP contribution is -2.42. The van der Waals surface area contributed by atoms with Gasteiger partial charge < -0.3 is 0 Å². The van der Waals surface area contributed by atoms with Crippen LogP contribution in [-0.2, 0) is 12.1 Å². The molecule has 0 unspecified atom stereocenters. The smallest absolute Gasteiger partial charge is 0.237 e. The first-order valence-electron chi connectivity index (χ1n) is 6.92. The summed E-state index contributed by atoms with van der Waals surface area (Å²) in [6.07, 6.45) is 10.4. The molecule has 98 valence electrons. The summed E-state index contributed by atoms with van der Waals surface area (Å²) in [6, 6.07) is 0. The second-order valence-electron chi connectivity index (χ2n) is 6.21. The van der Waals surface area contributed by atoms with Crippen molar-refractivity contribution in [2.75, 3.05) is 0 Å². The Balaban J connectivity index is 2.88. The van der Waals surface area contributed by atoms with E-state index in [0.717, 1.165) is 6.54 Å². The molecule has 2 nitrogen and oxygen atoms in total. The fraction of sp³-hybridized carbons (Fsp3) is 0.800. The van der Waals surface area contributed by atoms with Crippen LogP contribution in [0.2, 0.25) is 0 Å². The van der Waals surface area contributed by atoms with Gasteiger partial charge in [-0.2, -0.15) is 0 Å². The second kappa shape index (κ2) is 5.24. The van der Waals surface area contributed by atoms with Gasteiger partial charge in [-0.1, -0.05) is 34.1 Å². The third-order valence-corrected chi connectivity index (χ3v) is 4.65. The molecule has 0 saturated heterocycles. The minimum Gasteiger partial charge on any atom is -0.237 e. The van der Waals surface area contributed by atoms with Crippen LogP contribution < -0.4 is 4.57 Å². The van der Waals surface area contributed by atoms with Gasteiger partial charge in [0.2, 0.25) is 6.33 Å². The van der Waals surface area contributed by atoms with Gasteiger partial charge in [0.15, 0.2) is 0 Å². The Kier molecular flexibility index (Phi) is 4.40. The number of nitrogens with zero attached hydrogens (tertiary/aromatic N) is 2. The highest BCUT2D eigenvalue weighted by molar-refractivity contribution is 4.92. The lowest BCUT2D eigenvalue weighted by molar-refractivity contribution is -0.697. The van der Waals surface area contributed by atoms with E-state index in [9.17, 15) is 0 Å². The topological polar surface area (TPSA) is 8.81 Å². The summed E-state index contributed by atoms with van der Waals surface area (Å²) in [5, 5.41) is 0. The first-order chi connectivity index (χ1) is 7.85. The van der Waals surface area contributed by atoms with Crippen molar-refractivity contribution in [2.24, 2.45) is 5.41 Å². The van der Waals surface area contributed by atoms with Crippen LogP contribution in [0.25, 0.3) is 0 Å². The molecule has 0 aliphatic heterocycles. The Morgan fingerprint density at radius 2 is 1.76 bits per heavy atom. The highest BCUT2D eigenvalue weighted by atomic mass is 15.2. The molecule has 0 aliphatic carbocycles. The quantitative estimate of drug-likeness (QED) is 0.666. The summed E-state index contributed by atoms with van der Waals surface area (Å²) in [5.74, 6) is 0. The average molecular weight is 237 g/mol. The number of unbranched alkanes of at least 4 members (excludes halogenated alkanes) is 1. The molecule has 0 atom stereocenters. The van der Waals surface area contributed by atoms with Gasteiger partial charge in [-0.15, -0.1) is 0 Å². The summed E-state index contributed by atoms with van der Waals surface area (Å²) in [5.41, 5.74) is 0.452. The highest BCUT2D eigenvalue weighted by Gasteiger charge is 2.41. The molecule has 0 aliphatic rings. The minimum atomic E-state index is 0.152. The maximum atomic E-state index is 2.37. The first-order valence-corrected chi connectivity index (χ1v) is 6.92. The van der Waals surface area contributed by atoms with Gasteiger partial charge in [0, 0.05) is 5.41 Å². The van der Waals surface area contributed by atoms with E-state index in [0.29, 0.717) is 5.41 Å². The monoisotopic (exact) mass is 237 g/mol. The van der Waals surface area contributed by atoms with Gasteiger partial charge in [0.05, 0.1) is 6.54 Å². The zero-order valence-corrected chi connectivity index (χ0v) is 12.5. The van der Waals surface area contributed by atoms with Crippen molar-refractivity contribution in [2.45, 2.75) is 72.9 Å². The number of aryl methyl sites for hydroxylation is 1. The minimum absolute atomic E-state index is 0.152. The van der Waals surface area contributed by atoms with E-state index in [1.807, 2.05) is 0 Å². The highest BCUT2D eigenvalue weighted by Crippen LogP contribution is 2.39. The van der Waals surface area contributed by atoms with E-state index in [1.54, 1.807) is 0 Å². The van der Waals surface area contributed by atoms with Gasteiger partial charge in [-0.3, -0.25) is 0 Å². The summed E-state index contributed by atoms with van der Waals surface area (Å²) >= 11 is 0. The number of rotatable bonds is 6. The molecule has 0 amide bonds. The van der Waals surface area contributed by atoms with Crippen LogP contribution in [0.5, 0.6) is 0 Å². The van der Waals surface area contributed by atoms with Crippen LogP contribution >= 0.6 is 0 Å². The van der Waals surface area contributed by atoms with Crippen LogP contribution in [0.3, 0.4) is 0 Å². The van der Waals surface area contributed by atoms with Gasteiger partial charge in [-0.25, -0.2) is 9.13 Å². The summed E-state index contributed by atoms with van der Waals surface area (Å²) in [6.45, 7) is 15.0. The van der Waals surface area contributed by atoms with Crippen molar-refractivity contribution in [1.82, 2.24) is 4.57 Å². The van der Waals surface area contributed by atoms with Crippen molar-refractivity contribution in [3.8, 4) is 0 Å². The van der Waals surface area contributed by atoms with Crippen molar-refractivity contribution in [3.05, 3.63) is 18.7 Å². The van der Waals surface area contributed by atoms with E-state index in [4.69, 9.17) is 0 Å². The Bertz CT molecular complexity index is 348. The molecule has 1 heterocycles.